The van der Waals surface area contributed by atoms with Gasteiger partial charge in [-0.05, 0) is 45.0 Å². The summed E-state index contributed by atoms with van der Waals surface area (Å²) in [6, 6.07) is 13.5. The second kappa shape index (κ2) is 12.8. The van der Waals surface area contributed by atoms with Crippen molar-refractivity contribution in [2.45, 2.75) is 33.7 Å². The molecule has 170 valence electrons. The minimum atomic E-state index is -0.110. The van der Waals surface area contributed by atoms with Crippen LogP contribution < -0.4 is 16.0 Å². The van der Waals surface area contributed by atoms with E-state index in [4.69, 9.17) is 4.42 Å². The summed E-state index contributed by atoms with van der Waals surface area (Å²) in [5, 5.41) is 9.12. The molecule has 0 aliphatic carbocycles. The van der Waals surface area contributed by atoms with Crippen molar-refractivity contribution in [1.82, 2.24) is 20.6 Å². The van der Waals surface area contributed by atoms with E-state index in [-0.39, 0.29) is 29.9 Å². The second-order valence-electron chi connectivity index (χ2n) is 7.09. The van der Waals surface area contributed by atoms with Gasteiger partial charge in [0.25, 0.3) is 0 Å². The summed E-state index contributed by atoms with van der Waals surface area (Å²) in [5.41, 5.74) is 3.71. The second-order valence-corrected chi connectivity index (χ2v) is 7.09. The average molecular weight is 548 g/mol. The highest BCUT2D eigenvalue weighted by Gasteiger charge is 2.08. The van der Waals surface area contributed by atoms with E-state index in [0.717, 1.165) is 17.0 Å². The number of pyridine rings is 1. The third-order valence-corrected chi connectivity index (χ3v) is 4.39. The third-order valence-electron chi connectivity index (χ3n) is 4.39. The predicted molar refractivity (Wildman–Crippen MR) is 137 cm³/mol. The number of oxazole rings is 1. The molecule has 2 aromatic heterocycles. The zero-order valence-electron chi connectivity index (χ0n) is 18.5. The molecule has 1 aromatic carbocycles. The maximum Gasteiger partial charge on any atom is 0.227 e. The van der Waals surface area contributed by atoms with Gasteiger partial charge < -0.3 is 20.4 Å². The molecule has 8 nitrogen and oxygen atoms in total. The molecule has 1 amide bonds. The average Bonchev–Trinajstić information content (AvgIpc) is 3.21. The molecule has 0 aliphatic rings. The lowest BCUT2D eigenvalue weighted by atomic mass is 10.1. The Morgan fingerprint density at radius 2 is 1.84 bits per heavy atom. The van der Waals surface area contributed by atoms with Crippen molar-refractivity contribution in [3.05, 3.63) is 65.7 Å². The first-order valence-corrected chi connectivity index (χ1v) is 10.3. The van der Waals surface area contributed by atoms with Crippen molar-refractivity contribution in [2.75, 3.05) is 18.4 Å². The molecule has 3 rings (SSSR count). The first-order chi connectivity index (χ1) is 15.0. The van der Waals surface area contributed by atoms with Crippen LogP contribution in [0.5, 0.6) is 0 Å². The van der Waals surface area contributed by atoms with Gasteiger partial charge in [-0.25, -0.2) is 15.0 Å². The number of rotatable bonds is 8. The van der Waals surface area contributed by atoms with Crippen LogP contribution in [0.25, 0.3) is 11.5 Å². The van der Waals surface area contributed by atoms with Crippen molar-refractivity contribution in [1.29, 1.82) is 0 Å². The van der Waals surface area contributed by atoms with Crippen molar-refractivity contribution in [3.63, 3.8) is 0 Å². The van der Waals surface area contributed by atoms with Gasteiger partial charge in [-0.1, -0.05) is 23.8 Å². The topological polar surface area (TPSA) is 104 Å². The molecule has 0 fully saturated rings. The Morgan fingerprint density at radius 3 is 2.56 bits per heavy atom. The summed E-state index contributed by atoms with van der Waals surface area (Å²) in [7, 11) is 0. The predicted octanol–water partition coefficient (Wildman–Crippen LogP) is 4.06. The molecule has 32 heavy (non-hydrogen) atoms. The van der Waals surface area contributed by atoms with Crippen molar-refractivity contribution >= 4 is 41.7 Å². The maximum absolute atomic E-state index is 12.1. The fraction of sp³-hybridized carbons (Fsp3) is 0.304. The number of carbonyl (C=O) groups excluding carboxylic acids is 1. The van der Waals surface area contributed by atoms with Crippen molar-refractivity contribution < 1.29 is 9.21 Å². The number of anilines is 1. The zero-order valence-corrected chi connectivity index (χ0v) is 20.8. The lowest BCUT2D eigenvalue weighted by Crippen LogP contribution is -2.38. The Hall–Kier alpha value is -2.95. The van der Waals surface area contributed by atoms with Gasteiger partial charge >= 0.3 is 0 Å². The van der Waals surface area contributed by atoms with Crippen LogP contribution >= 0.6 is 24.0 Å². The highest BCUT2D eigenvalue weighted by molar-refractivity contribution is 14.0. The number of nitrogens with zero attached hydrogens (tertiary/aromatic N) is 3. The largest absolute Gasteiger partial charge is 0.444 e. The van der Waals surface area contributed by atoms with Crippen LogP contribution in [0, 0.1) is 13.8 Å². The molecule has 0 saturated carbocycles. The van der Waals surface area contributed by atoms with E-state index in [1.807, 2.05) is 57.2 Å². The molecule has 0 atom stereocenters. The molecule has 0 radical (unpaired) electrons. The summed E-state index contributed by atoms with van der Waals surface area (Å²) in [6.07, 6.45) is 1.91. The van der Waals surface area contributed by atoms with Crippen LogP contribution in [0.15, 0.2) is 58.1 Å². The Balaban J connectivity index is 0.00000363. The molecule has 0 saturated heterocycles. The molecular formula is C23H29IN6O2. The number of aryl methyl sites for hydroxylation is 2. The van der Waals surface area contributed by atoms with Crippen molar-refractivity contribution in [3.8, 4) is 11.5 Å². The number of guanidine groups is 1. The van der Waals surface area contributed by atoms with E-state index < -0.39 is 0 Å². The molecular weight excluding hydrogens is 519 g/mol. The first kappa shape index (κ1) is 25.3. The van der Waals surface area contributed by atoms with Gasteiger partial charge in [-0.3, -0.25) is 4.79 Å². The van der Waals surface area contributed by atoms with E-state index in [9.17, 15) is 4.79 Å². The number of halogens is 1. The van der Waals surface area contributed by atoms with Crippen LogP contribution in [-0.2, 0) is 11.3 Å². The molecule has 0 aliphatic heterocycles. The molecule has 0 spiro atoms. The number of hydrogen-bond acceptors (Lipinski definition) is 5. The Morgan fingerprint density at radius 1 is 1.06 bits per heavy atom. The molecule has 3 aromatic rings. The minimum absolute atomic E-state index is 0. The molecule has 2 heterocycles. The number of carbonyl (C=O) groups is 1. The lowest BCUT2D eigenvalue weighted by Gasteiger charge is -2.11. The van der Waals surface area contributed by atoms with Gasteiger partial charge in [0.2, 0.25) is 11.8 Å². The van der Waals surface area contributed by atoms with E-state index in [1.54, 1.807) is 12.3 Å². The Bertz CT molecular complexity index is 1030. The van der Waals surface area contributed by atoms with Crippen LogP contribution in [-0.4, -0.2) is 34.9 Å². The lowest BCUT2D eigenvalue weighted by molar-refractivity contribution is -0.116. The highest BCUT2D eigenvalue weighted by Crippen LogP contribution is 2.19. The number of aliphatic imine (C=N–C) groups is 1. The number of aromatic nitrogens is 2. The molecule has 0 unspecified atom stereocenters. The summed E-state index contributed by atoms with van der Waals surface area (Å²) in [5.74, 6) is 1.63. The van der Waals surface area contributed by atoms with Gasteiger partial charge in [0.05, 0.1) is 6.54 Å². The molecule has 0 bridgehead atoms. The van der Waals surface area contributed by atoms with Gasteiger partial charge in [0.1, 0.15) is 17.8 Å². The van der Waals surface area contributed by atoms with Crippen LogP contribution in [0.3, 0.4) is 0 Å². The summed E-state index contributed by atoms with van der Waals surface area (Å²) in [4.78, 5) is 25.4. The monoisotopic (exact) mass is 548 g/mol. The van der Waals surface area contributed by atoms with Gasteiger partial charge in [0, 0.05) is 30.8 Å². The Labute approximate surface area is 205 Å². The Kier molecular flexibility index (Phi) is 10.1. The maximum atomic E-state index is 12.1. The summed E-state index contributed by atoms with van der Waals surface area (Å²) >= 11 is 0. The van der Waals surface area contributed by atoms with E-state index >= 15 is 0 Å². The SMILES string of the molecule is CCNC(=NCc1coc(-c2ccc(C)cc2)n1)NCCC(=O)Nc1cccc(C)n1.I. The molecule has 3 N–H and O–H groups in total. The zero-order chi connectivity index (χ0) is 22.1. The van der Waals surface area contributed by atoms with Crippen LogP contribution in [0.2, 0.25) is 0 Å². The van der Waals surface area contributed by atoms with Crippen LogP contribution in [0.1, 0.15) is 30.3 Å². The van der Waals surface area contributed by atoms with Gasteiger partial charge in [-0.15, -0.1) is 24.0 Å². The minimum Gasteiger partial charge on any atom is -0.444 e. The number of hydrogen-bond donors (Lipinski definition) is 3. The third kappa shape index (κ3) is 7.95. The fourth-order valence-electron chi connectivity index (χ4n) is 2.82. The van der Waals surface area contributed by atoms with E-state index in [2.05, 4.69) is 30.9 Å². The standard InChI is InChI=1S/C23H28N6O2.HI/c1-4-24-23(25-13-12-21(30)29-20-7-5-6-17(3)27-20)26-14-19-15-31-22(28-19)18-10-8-16(2)9-11-18;/h5-11,15H,4,12-14H2,1-3H3,(H2,24,25,26)(H,27,29,30);1H. The van der Waals surface area contributed by atoms with E-state index in [1.165, 1.54) is 5.56 Å². The molecule has 9 heteroatoms. The fourth-order valence-corrected chi connectivity index (χ4v) is 2.82. The van der Waals surface area contributed by atoms with Crippen LogP contribution in [0.4, 0.5) is 5.82 Å². The number of nitrogens with one attached hydrogen (secondary N) is 3. The smallest absolute Gasteiger partial charge is 0.227 e. The first-order valence-electron chi connectivity index (χ1n) is 10.3. The number of amides is 1. The summed E-state index contributed by atoms with van der Waals surface area (Å²) < 4.78 is 5.58. The summed E-state index contributed by atoms with van der Waals surface area (Å²) in [6.45, 7) is 7.42. The normalized spacial score (nSPS) is 10.9. The van der Waals surface area contributed by atoms with Crippen molar-refractivity contribution in [2.24, 2.45) is 4.99 Å². The quantitative estimate of drug-likeness (QED) is 0.223. The number of benzene rings is 1. The highest BCUT2D eigenvalue weighted by atomic mass is 127. The van der Waals surface area contributed by atoms with E-state index in [0.29, 0.717) is 43.7 Å². The van der Waals surface area contributed by atoms with Gasteiger partial charge in [0.15, 0.2) is 5.96 Å². The van der Waals surface area contributed by atoms with Gasteiger partial charge in [-0.2, -0.15) is 0 Å².